The zero-order valence-corrected chi connectivity index (χ0v) is 18.6. The Morgan fingerprint density at radius 1 is 1.26 bits per heavy atom. The number of methoxy groups -OCH3 is 1. The highest BCUT2D eigenvalue weighted by Crippen LogP contribution is 2.54. The molecule has 1 atom stereocenters. The summed E-state index contributed by atoms with van der Waals surface area (Å²) in [4.78, 5) is 29.4. The van der Waals surface area contributed by atoms with E-state index in [0.29, 0.717) is 22.6 Å². The molecule has 1 fully saturated rings. The van der Waals surface area contributed by atoms with E-state index in [4.69, 9.17) is 4.74 Å². The van der Waals surface area contributed by atoms with Crippen LogP contribution in [-0.4, -0.2) is 28.3 Å². The van der Waals surface area contributed by atoms with Gasteiger partial charge in [-0.25, -0.2) is 4.79 Å². The highest BCUT2D eigenvalue weighted by Gasteiger charge is 2.36. The van der Waals surface area contributed by atoms with Crippen LogP contribution in [0.15, 0.2) is 23.1 Å². The van der Waals surface area contributed by atoms with Gasteiger partial charge in [0.15, 0.2) is 5.75 Å². The minimum absolute atomic E-state index is 0.0160. The lowest BCUT2D eigenvalue weighted by Gasteiger charge is -2.32. The molecule has 0 amide bonds. The summed E-state index contributed by atoms with van der Waals surface area (Å²) in [6, 6.07) is 4.01. The quantitative estimate of drug-likeness (QED) is 0.534. The third-order valence-corrected chi connectivity index (χ3v) is 7.95. The molecule has 2 heterocycles. The van der Waals surface area contributed by atoms with Crippen molar-refractivity contribution < 1.29 is 19.7 Å². The van der Waals surface area contributed by atoms with Gasteiger partial charge in [0.1, 0.15) is 5.56 Å². The van der Waals surface area contributed by atoms with Crippen LogP contribution in [0.25, 0.3) is 21.3 Å². The molecule has 0 spiro atoms. The molecule has 1 aromatic carbocycles. The van der Waals surface area contributed by atoms with Crippen molar-refractivity contribution in [1.82, 2.24) is 4.98 Å². The number of rotatable bonds is 4. The van der Waals surface area contributed by atoms with Gasteiger partial charge in [-0.15, -0.1) is 11.3 Å². The van der Waals surface area contributed by atoms with Gasteiger partial charge in [0.05, 0.1) is 24.1 Å². The first kappa shape index (κ1) is 20.3. The summed E-state index contributed by atoms with van der Waals surface area (Å²) in [5.74, 6) is -0.376. The van der Waals surface area contributed by atoms with E-state index in [1.54, 1.807) is 18.4 Å². The van der Waals surface area contributed by atoms with Gasteiger partial charge in [-0.2, -0.15) is 0 Å². The van der Waals surface area contributed by atoms with Crippen LogP contribution in [0.2, 0.25) is 0 Å². The standard InChI is InChI=1S/C24H25NO5S/c1-24(2)7-6-16(26)22-15(24)9-17(31-22)18-12(11-4-5-11)8-13-19(21(18)30-3)25-10-14(20(13)27)23(28)29/h8-11,16,26H,4-7H2,1-3H3,(H,25,27)(H,28,29). The minimum atomic E-state index is -1.25. The number of nitrogens with one attached hydrogen (secondary N) is 1. The van der Waals surface area contributed by atoms with Crippen molar-refractivity contribution in [3.63, 3.8) is 0 Å². The Bertz CT molecular complexity index is 1280. The summed E-state index contributed by atoms with van der Waals surface area (Å²) in [5.41, 5.74) is 2.84. The summed E-state index contributed by atoms with van der Waals surface area (Å²) in [7, 11) is 1.57. The molecule has 0 aliphatic heterocycles. The molecule has 2 aromatic heterocycles. The molecule has 0 radical (unpaired) electrons. The number of hydrogen-bond acceptors (Lipinski definition) is 5. The number of aromatic amines is 1. The van der Waals surface area contributed by atoms with Crippen molar-refractivity contribution in [1.29, 1.82) is 0 Å². The van der Waals surface area contributed by atoms with Crippen molar-refractivity contribution in [2.24, 2.45) is 0 Å². The Labute approximate surface area is 183 Å². The third-order valence-electron chi connectivity index (χ3n) is 6.70. The maximum atomic E-state index is 12.9. The Kier molecular flexibility index (Phi) is 4.53. The zero-order chi connectivity index (χ0) is 22.1. The van der Waals surface area contributed by atoms with Crippen molar-refractivity contribution in [2.75, 3.05) is 7.11 Å². The molecule has 2 aliphatic carbocycles. The molecular weight excluding hydrogens is 414 g/mol. The van der Waals surface area contributed by atoms with Gasteiger partial charge in [0.2, 0.25) is 5.43 Å². The molecule has 3 aromatic rings. The van der Waals surface area contributed by atoms with Gasteiger partial charge in [0.25, 0.3) is 0 Å². The molecule has 2 aliphatic rings. The number of H-pyrrole nitrogens is 1. The SMILES string of the molecule is COc1c(-c2cc3c(s2)C(O)CCC3(C)C)c(C2CC2)cc2c(=O)c(C(=O)O)c[nH]c12. The van der Waals surface area contributed by atoms with Crippen LogP contribution in [0.1, 0.15) is 77.9 Å². The van der Waals surface area contributed by atoms with E-state index >= 15 is 0 Å². The molecule has 5 rings (SSSR count). The first-order valence-electron chi connectivity index (χ1n) is 10.5. The molecule has 7 heteroatoms. The number of ether oxygens (including phenoxy) is 1. The fourth-order valence-electron chi connectivity index (χ4n) is 4.76. The second kappa shape index (κ2) is 6.93. The summed E-state index contributed by atoms with van der Waals surface area (Å²) < 4.78 is 5.82. The number of carboxylic acid groups (broad SMARTS) is 1. The number of aliphatic hydroxyl groups is 1. The first-order valence-corrected chi connectivity index (χ1v) is 11.4. The van der Waals surface area contributed by atoms with Gasteiger partial charge >= 0.3 is 5.97 Å². The molecular formula is C24H25NO5S. The van der Waals surface area contributed by atoms with Crippen LogP contribution in [0.5, 0.6) is 5.75 Å². The van der Waals surface area contributed by atoms with Crippen molar-refractivity contribution in [3.8, 4) is 16.2 Å². The summed E-state index contributed by atoms with van der Waals surface area (Å²) in [6.07, 6.45) is 4.50. The van der Waals surface area contributed by atoms with Crippen molar-refractivity contribution >= 4 is 28.2 Å². The number of aromatic nitrogens is 1. The molecule has 31 heavy (non-hydrogen) atoms. The third kappa shape index (κ3) is 3.10. The van der Waals surface area contributed by atoms with Crippen LogP contribution < -0.4 is 10.2 Å². The van der Waals surface area contributed by atoms with E-state index in [9.17, 15) is 19.8 Å². The number of pyridine rings is 1. The van der Waals surface area contributed by atoms with E-state index < -0.39 is 17.5 Å². The summed E-state index contributed by atoms with van der Waals surface area (Å²) >= 11 is 1.59. The smallest absolute Gasteiger partial charge is 0.341 e. The second-order valence-electron chi connectivity index (χ2n) is 9.23. The monoisotopic (exact) mass is 439 g/mol. The molecule has 1 unspecified atom stereocenters. The van der Waals surface area contributed by atoms with E-state index in [1.165, 1.54) is 11.8 Å². The number of carboxylic acids is 1. The highest BCUT2D eigenvalue weighted by atomic mass is 32.1. The number of hydrogen-bond donors (Lipinski definition) is 3. The summed E-state index contributed by atoms with van der Waals surface area (Å²) in [5, 5.41) is 20.3. The first-order chi connectivity index (χ1) is 14.7. The van der Waals surface area contributed by atoms with Crippen LogP contribution in [0, 0.1) is 0 Å². The topological polar surface area (TPSA) is 99.6 Å². The van der Waals surface area contributed by atoms with Crippen molar-refractivity contribution in [3.05, 3.63) is 50.1 Å². The molecule has 1 saturated carbocycles. The predicted octanol–water partition coefficient (Wildman–Crippen LogP) is 4.95. The zero-order valence-electron chi connectivity index (χ0n) is 17.7. The maximum Gasteiger partial charge on any atom is 0.341 e. The second-order valence-corrected chi connectivity index (χ2v) is 10.3. The van der Waals surface area contributed by atoms with Crippen LogP contribution in [0.3, 0.4) is 0 Å². The predicted molar refractivity (Wildman–Crippen MR) is 121 cm³/mol. The lowest BCUT2D eigenvalue weighted by atomic mass is 9.75. The molecule has 162 valence electrons. The normalized spacial score (nSPS) is 19.9. The van der Waals surface area contributed by atoms with Gasteiger partial charge in [-0.05, 0) is 60.3 Å². The van der Waals surface area contributed by atoms with E-state index in [0.717, 1.165) is 46.6 Å². The Morgan fingerprint density at radius 2 is 2.00 bits per heavy atom. The highest BCUT2D eigenvalue weighted by molar-refractivity contribution is 7.15. The Balaban J connectivity index is 1.82. The Hall–Kier alpha value is -2.64. The number of fused-ring (bicyclic) bond motifs is 2. The molecule has 0 saturated heterocycles. The average molecular weight is 440 g/mol. The number of carbonyl (C=O) groups is 1. The molecule has 6 nitrogen and oxygen atoms in total. The van der Waals surface area contributed by atoms with Crippen molar-refractivity contribution in [2.45, 2.75) is 57.0 Å². The van der Waals surface area contributed by atoms with Gasteiger partial charge in [-0.1, -0.05) is 13.8 Å². The largest absolute Gasteiger partial charge is 0.494 e. The van der Waals surface area contributed by atoms with Crippen LogP contribution in [-0.2, 0) is 5.41 Å². The van der Waals surface area contributed by atoms with Crippen LogP contribution >= 0.6 is 11.3 Å². The lowest BCUT2D eigenvalue weighted by Crippen LogP contribution is -2.24. The number of aromatic carboxylic acids is 1. The van der Waals surface area contributed by atoms with Crippen LogP contribution in [0.4, 0.5) is 0 Å². The molecule has 0 bridgehead atoms. The van der Waals surface area contributed by atoms with Gasteiger partial charge in [0, 0.05) is 21.5 Å². The average Bonchev–Trinajstić information content (AvgIpc) is 3.47. The van der Waals surface area contributed by atoms with E-state index in [2.05, 4.69) is 24.9 Å². The maximum absolute atomic E-state index is 12.9. The summed E-state index contributed by atoms with van der Waals surface area (Å²) in [6.45, 7) is 4.41. The van der Waals surface area contributed by atoms with Gasteiger partial charge < -0.3 is 19.9 Å². The Morgan fingerprint density at radius 3 is 2.61 bits per heavy atom. The fourth-order valence-corrected chi connectivity index (χ4v) is 6.18. The minimum Gasteiger partial charge on any atom is -0.494 e. The van der Waals surface area contributed by atoms with E-state index in [-0.39, 0.29) is 11.0 Å². The molecule has 3 N–H and O–H groups in total. The van der Waals surface area contributed by atoms with E-state index in [1.807, 2.05) is 6.07 Å². The fraction of sp³-hybridized carbons (Fsp3) is 0.417. The number of benzene rings is 1. The number of aliphatic hydroxyl groups excluding tert-OH is 1. The van der Waals surface area contributed by atoms with Gasteiger partial charge in [-0.3, -0.25) is 4.79 Å². The lowest BCUT2D eigenvalue weighted by molar-refractivity contribution is 0.0695. The number of thiophene rings is 1.